The molecule has 0 aliphatic rings. The molecule has 0 aliphatic carbocycles. The van der Waals surface area contributed by atoms with Crippen molar-refractivity contribution >= 4 is 38.3 Å². The molecular formula is C27H24F3N3O3S. The van der Waals surface area contributed by atoms with E-state index in [1.807, 2.05) is 0 Å². The van der Waals surface area contributed by atoms with Crippen LogP contribution in [0, 0.1) is 0 Å². The van der Waals surface area contributed by atoms with Crippen molar-refractivity contribution in [1.29, 1.82) is 0 Å². The minimum Gasteiger partial charge on any atom is -0.741 e. The van der Waals surface area contributed by atoms with Gasteiger partial charge < -0.3 is 9.45 Å². The lowest BCUT2D eigenvalue weighted by molar-refractivity contribution is -0.725. The standard InChI is InChI=1S/C26H24N3.CHF3O3S/c1-27(2)21-15-13-19(14-16-21)17-23-22-11-7-8-12-24(22)29-26(23)18-25(28(29)3)20-9-5-4-6-10-20;2-1(3,4)8(5,6)7/h4-18H,1-3H3;(H,5,6,7)/q+1;/p-1. The first-order chi connectivity index (χ1) is 17.4. The van der Waals surface area contributed by atoms with Crippen molar-refractivity contribution in [1.82, 2.24) is 4.52 Å². The molecule has 0 bridgehead atoms. The fraction of sp³-hybridized carbons (Fsp3) is 0.148. The van der Waals surface area contributed by atoms with Crippen LogP contribution in [0.25, 0.3) is 33.8 Å². The maximum Gasteiger partial charge on any atom is 0.485 e. The van der Waals surface area contributed by atoms with Crippen LogP contribution in [0.3, 0.4) is 0 Å². The smallest absolute Gasteiger partial charge is 0.485 e. The molecule has 192 valence electrons. The van der Waals surface area contributed by atoms with Gasteiger partial charge in [0.15, 0.2) is 17.2 Å². The third-order valence-corrected chi connectivity index (χ3v) is 6.49. The van der Waals surface area contributed by atoms with Gasteiger partial charge in [-0.1, -0.05) is 48.5 Å². The van der Waals surface area contributed by atoms with Gasteiger partial charge in [-0.25, -0.2) is 8.42 Å². The van der Waals surface area contributed by atoms with Gasteiger partial charge in [-0.3, -0.25) is 0 Å². The van der Waals surface area contributed by atoms with Crippen LogP contribution in [0.1, 0.15) is 5.56 Å². The predicted octanol–water partition coefficient (Wildman–Crippen LogP) is 4.25. The Hall–Kier alpha value is -3.89. The van der Waals surface area contributed by atoms with Crippen LogP contribution in [0.4, 0.5) is 18.9 Å². The fourth-order valence-corrected chi connectivity index (χ4v) is 4.13. The van der Waals surface area contributed by atoms with Gasteiger partial charge in [0.05, 0.1) is 0 Å². The van der Waals surface area contributed by atoms with Crippen LogP contribution < -0.4 is 14.8 Å². The number of hydrogen-bond donors (Lipinski definition) is 0. The Bertz CT molecular complexity index is 1710. The Labute approximate surface area is 212 Å². The molecule has 0 amide bonds. The number of para-hydroxylation sites is 1. The number of hydrogen-bond acceptors (Lipinski definition) is 4. The van der Waals surface area contributed by atoms with Crippen molar-refractivity contribution in [3.63, 3.8) is 0 Å². The molecule has 37 heavy (non-hydrogen) atoms. The SMILES string of the molecule is CN(C)c1ccc(C=c2c3ccccc3n3c2cc(-c2ccccc2)[n+]3C)cc1.O=S(=O)([O-])C(F)(F)F. The van der Waals surface area contributed by atoms with Crippen LogP contribution in [-0.4, -0.2) is 37.1 Å². The molecule has 0 N–H and O–H groups in total. The van der Waals surface area contributed by atoms with Crippen molar-refractivity contribution in [2.24, 2.45) is 7.05 Å². The summed E-state index contributed by atoms with van der Waals surface area (Å²) in [5.74, 6) is 0. The zero-order valence-corrected chi connectivity index (χ0v) is 21.1. The largest absolute Gasteiger partial charge is 0.741 e. The minimum absolute atomic E-state index is 1.21. The summed E-state index contributed by atoms with van der Waals surface area (Å²) in [6, 6.07) is 30.2. The Balaban J connectivity index is 0.000000349. The Morgan fingerprint density at radius 3 is 2.03 bits per heavy atom. The molecule has 0 fully saturated rings. The average molecular weight is 528 g/mol. The number of aryl methyl sites for hydroxylation is 1. The molecule has 0 unspecified atom stereocenters. The van der Waals surface area contributed by atoms with Gasteiger partial charge in [0, 0.05) is 42.0 Å². The predicted molar refractivity (Wildman–Crippen MR) is 137 cm³/mol. The number of rotatable bonds is 3. The number of aromatic nitrogens is 2. The number of nitrogens with zero attached hydrogens (tertiary/aromatic N) is 3. The summed E-state index contributed by atoms with van der Waals surface area (Å²) in [5.41, 5.74) is 1.66. The van der Waals surface area contributed by atoms with E-state index in [-0.39, 0.29) is 0 Å². The molecule has 5 aromatic rings. The second-order valence-electron chi connectivity index (χ2n) is 8.58. The molecule has 0 spiro atoms. The summed E-state index contributed by atoms with van der Waals surface area (Å²) in [6.07, 6.45) is 2.30. The molecule has 0 aliphatic heterocycles. The first kappa shape index (κ1) is 26.2. The topological polar surface area (TPSA) is 68.7 Å². The molecule has 3 aromatic carbocycles. The first-order valence-corrected chi connectivity index (χ1v) is 12.6. The van der Waals surface area contributed by atoms with Crippen molar-refractivity contribution in [3.8, 4) is 11.3 Å². The highest BCUT2D eigenvalue weighted by molar-refractivity contribution is 7.86. The average Bonchev–Trinajstić information content (AvgIpc) is 3.34. The van der Waals surface area contributed by atoms with E-state index in [0.717, 1.165) is 0 Å². The molecular weight excluding hydrogens is 503 g/mol. The van der Waals surface area contributed by atoms with Gasteiger partial charge in [0.25, 0.3) is 0 Å². The van der Waals surface area contributed by atoms with E-state index in [4.69, 9.17) is 13.0 Å². The summed E-state index contributed by atoms with van der Waals surface area (Å²) < 4.78 is 63.5. The number of alkyl halides is 3. The number of fused-ring (bicyclic) bond motifs is 3. The van der Waals surface area contributed by atoms with Crippen molar-refractivity contribution < 1.29 is 30.8 Å². The number of halogens is 3. The third-order valence-electron chi connectivity index (χ3n) is 5.92. The van der Waals surface area contributed by atoms with E-state index < -0.39 is 15.6 Å². The van der Waals surface area contributed by atoms with Gasteiger partial charge in [0.2, 0.25) is 5.69 Å². The highest BCUT2D eigenvalue weighted by atomic mass is 32.2. The van der Waals surface area contributed by atoms with Crippen molar-refractivity contribution in [3.05, 3.63) is 95.7 Å². The van der Waals surface area contributed by atoms with Crippen LogP contribution >= 0.6 is 0 Å². The van der Waals surface area contributed by atoms with Gasteiger partial charge in [-0.15, -0.1) is 9.20 Å². The van der Waals surface area contributed by atoms with E-state index in [9.17, 15) is 13.2 Å². The minimum atomic E-state index is -6.09. The lowest BCUT2D eigenvalue weighted by Gasteiger charge is -2.11. The fourth-order valence-electron chi connectivity index (χ4n) is 4.13. The van der Waals surface area contributed by atoms with Gasteiger partial charge in [0.1, 0.15) is 11.0 Å². The van der Waals surface area contributed by atoms with Crippen LogP contribution in [0.2, 0.25) is 0 Å². The maximum atomic E-state index is 10.7. The monoisotopic (exact) mass is 527 g/mol. The number of benzene rings is 3. The lowest BCUT2D eigenvalue weighted by atomic mass is 10.1. The van der Waals surface area contributed by atoms with E-state index in [1.165, 1.54) is 44.1 Å². The lowest BCUT2D eigenvalue weighted by Crippen LogP contribution is -2.36. The number of anilines is 1. The molecule has 10 heteroatoms. The van der Waals surface area contributed by atoms with E-state index in [1.54, 1.807) is 0 Å². The van der Waals surface area contributed by atoms with Gasteiger partial charge in [-0.05, 0) is 42.0 Å². The second-order valence-corrected chi connectivity index (χ2v) is 9.95. The van der Waals surface area contributed by atoms with Crippen molar-refractivity contribution in [2.75, 3.05) is 19.0 Å². The summed E-state index contributed by atoms with van der Waals surface area (Å²) >= 11 is 0. The van der Waals surface area contributed by atoms with E-state index >= 15 is 0 Å². The summed E-state index contributed by atoms with van der Waals surface area (Å²) in [4.78, 5) is 2.12. The molecule has 0 saturated heterocycles. The highest BCUT2D eigenvalue weighted by Crippen LogP contribution is 2.22. The summed E-state index contributed by atoms with van der Waals surface area (Å²) in [5, 5.41) is 2.53. The second kappa shape index (κ2) is 9.87. The molecule has 5 rings (SSSR count). The van der Waals surface area contributed by atoms with E-state index in [2.05, 4.69) is 126 Å². The van der Waals surface area contributed by atoms with Crippen LogP contribution in [-0.2, 0) is 17.2 Å². The maximum absolute atomic E-state index is 10.7. The Kier molecular flexibility index (Phi) is 6.98. The third kappa shape index (κ3) is 5.30. The molecule has 6 nitrogen and oxygen atoms in total. The molecule has 0 atom stereocenters. The van der Waals surface area contributed by atoms with Crippen LogP contribution in [0.5, 0.6) is 0 Å². The van der Waals surface area contributed by atoms with Gasteiger partial charge in [-0.2, -0.15) is 13.2 Å². The summed E-state index contributed by atoms with van der Waals surface area (Å²) in [6.45, 7) is 0. The molecule has 2 aromatic heterocycles. The zero-order valence-electron chi connectivity index (χ0n) is 20.3. The Morgan fingerprint density at radius 1 is 0.892 bits per heavy atom. The quantitative estimate of drug-likeness (QED) is 0.200. The first-order valence-electron chi connectivity index (χ1n) is 11.2. The summed E-state index contributed by atoms with van der Waals surface area (Å²) in [7, 11) is 0.182. The zero-order chi connectivity index (χ0) is 27.0. The van der Waals surface area contributed by atoms with Crippen molar-refractivity contribution in [2.45, 2.75) is 5.51 Å². The molecule has 2 heterocycles. The highest BCUT2D eigenvalue weighted by Gasteiger charge is 2.36. The van der Waals surface area contributed by atoms with Crippen LogP contribution in [0.15, 0.2) is 84.9 Å². The molecule has 0 saturated carbocycles. The Morgan fingerprint density at radius 2 is 1.46 bits per heavy atom. The van der Waals surface area contributed by atoms with E-state index in [0.29, 0.717) is 0 Å². The normalized spacial score (nSPS) is 12.6. The molecule has 0 radical (unpaired) electrons. The van der Waals surface area contributed by atoms with Gasteiger partial charge >= 0.3 is 5.51 Å².